The normalized spacial score (nSPS) is 22.9. The molecule has 6 nitrogen and oxygen atoms in total. The summed E-state index contributed by atoms with van der Waals surface area (Å²) in [5, 5.41) is 0. The topological polar surface area (TPSA) is 69.7 Å². The smallest absolute Gasteiger partial charge is 0.236 e. The Hall–Kier alpha value is -0.660. The fraction of sp³-hybridized carbons (Fsp3) is 0.917. The molecule has 2 saturated heterocycles. The van der Waals surface area contributed by atoms with Crippen molar-refractivity contribution in [2.24, 2.45) is 0 Å². The van der Waals surface area contributed by atoms with Gasteiger partial charge in [-0.2, -0.15) is 0 Å². The lowest BCUT2D eigenvalue weighted by Gasteiger charge is -2.32. The molecular weight excluding hydrogens is 266 g/mol. The van der Waals surface area contributed by atoms with Gasteiger partial charge in [-0.15, -0.1) is 0 Å². The molecule has 2 aliphatic rings. The molecule has 2 aliphatic heterocycles. The molecule has 0 radical (unpaired) electrons. The van der Waals surface area contributed by atoms with Crippen molar-refractivity contribution in [3.05, 3.63) is 0 Å². The number of carbonyl (C=O) groups is 1. The lowest BCUT2D eigenvalue weighted by Crippen LogP contribution is -2.47. The molecule has 1 N–H and O–H groups in total. The fourth-order valence-electron chi connectivity index (χ4n) is 2.77. The number of carbonyl (C=O) groups excluding carboxylic acids is 1. The quantitative estimate of drug-likeness (QED) is 0.766. The summed E-state index contributed by atoms with van der Waals surface area (Å²) in [7, 11) is -3.12. The maximum absolute atomic E-state index is 12.0. The van der Waals surface area contributed by atoms with Crippen LogP contribution in [0.15, 0.2) is 0 Å². The van der Waals surface area contributed by atoms with Crippen molar-refractivity contribution < 1.29 is 13.2 Å². The second-order valence-corrected chi connectivity index (χ2v) is 7.31. The molecule has 0 saturated carbocycles. The first kappa shape index (κ1) is 14.7. The van der Waals surface area contributed by atoms with Gasteiger partial charge in [-0.3, -0.25) is 9.69 Å². The first-order valence-electron chi connectivity index (χ1n) is 6.91. The van der Waals surface area contributed by atoms with Crippen LogP contribution in [0.3, 0.4) is 0 Å². The van der Waals surface area contributed by atoms with Crippen LogP contribution in [0.5, 0.6) is 0 Å². The Balaban J connectivity index is 1.72. The summed E-state index contributed by atoms with van der Waals surface area (Å²) in [6.45, 7) is 3.83. The zero-order valence-electron chi connectivity index (χ0n) is 11.5. The molecule has 0 unspecified atom stereocenters. The van der Waals surface area contributed by atoms with Gasteiger partial charge in [0.15, 0.2) is 0 Å². The molecule has 0 aromatic rings. The number of nitrogens with one attached hydrogen (secondary N) is 1. The highest BCUT2D eigenvalue weighted by molar-refractivity contribution is 7.88. The van der Waals surface area contributed by atoms with Crippen molar-refractivity contribution in [1.82, 2.24) is 14.5 Å². The van der Waals surface area contributed by atoms with Crippen LogP contribution in [0.25, 0.3) is 0 Å². The third kappa shape index (κ3) is 4.74. The van der Waals surface area contributed by atoms with Crippen LogP contribution < -0.4 is 4.72 Å². The van der Waals surface area contributed by atoms with Crippen LogP contribution in [0.2, 0.25) is 0 Å². The third-order valence-corrected chi connectivity index (χ3v) is 4.55. The number of hydrogen-bond donors (Lipinski definition) is 1. The summed E-state index contributed by atoms with van der Waals surface area (Å²) < 4.78 is 24.9. The van der Waals surface area contributed by atoms with Crippen molar-refractivity contribution in [1.29, 1.82) is 0 Å². The van der Waals surface area contributed by atoms with E-state index in [2.05, 4.69) is 9.62 Å². The Morgan fingerprint density at radius 2 is 1.74 bits per heavy atom. The second-order valence-electron chi connectivity index (χ2n) is 5.53. The van der Waals surface area contributed by atoms with E-state index < -0.39 is 10.0 Å². The summed E-state index contributed by atoms with van der Waals surface area (Å²) >= 11 is 0. The van der Waals surface area contributed by atoms with E-state index in [-0.39, 0.29) is 11.9 Å². The Morgan fingerprint density at radius 3 is 2.26 bits per heavy atom. The summed E-state index contributed by atoms with van der Waals surface area (Å²) in [5.41, 5.74) is 0. The second kappa shape index (κ2) is 6.19. The van der Waals surface area contributed by atoms with Crippen LogP contribution in [-0.4, -0.2) is 69.1 Å². The highest BCUT2D eigenvalue weighted by Gasteiger charge is 2.25. The number of nitrogens with zero attached hydrogens (tertiary/aromatic N) is 2. The Bertz CT molecular complexity index is 410. The molecular formula is C12H23N3O3S. The molecule has 0 atom stereocenters. The van der Waals surface area contributed by atoms with Gasteiger partial charge in [0.1, 0.15) is 0 Å². The zero-order valence-corrected chi connectivity index (χ0v) is 12.3. The van der Waals surface area contributed by atoms with Gasteiger partial charge in [0.05, 0.1) is 12.8 Å². The van der Waals surface area contributed by atoms with Gasteiger partial charge >= 0.3 is 0 Å². The molecule has 0 aromatic heterocycles. The monoisotopic (exact) mass is 289 g/mol. The summed E-state index contributed by atoms with van der Waals surface area (Å²) in [6, 6.07) is 0.0214. The van der Waals surface area contributed by atoms with Crippen LogP contribution in [0.1, 0.15) is 25.7 Å². The minimum Gasteiger partial charge on any atom is -0.342 e. The van der Waals surface area contributed by atoms with Crippen molar-refractivity contribution >= 4 is 15.9 Å². The standard InChI is InChI=1S/C12H23N3O3S/c1-19(17,18)13-11-4-8-14(9-5-11)10-12(16)15-6-2-3-7-15/h11,13H,2-10H2,1H3. The third-order valence-electron chi connectivity index (χ3n) is 3.79. The van der Waals surface area contributed by atoms with Crippen molar-refractivity contribution in [2.75, 3.05) is 39.0 Å². The molecule has 7 heteroatoms. The van der Waals surface area contributed by atoms with E-state index in [0.29, 0.717) is 6.54 Å². The van der Waals surface area contributed by atoms with Gasteiger partial charge in [-0.25, -0.2) is 13.1 Å². The van der Waals surface area contributed by atoms with E-state index in [4.69, 9.17) is 0 Å². The molecule has 19 heavy (non-hydrogen) atoms. The van der Waals surface area contributed by atoms with Gasteiger partial charge in [0, 0.05) is 32.2 Å². The van der Waals surface area contributed by atoms with Gasteiger partial charge in [0.2, 0.25) is 15.9 Å². The number of hydrogen-bond acceptors (Lipinski definition) is 4. The maximum atomic E-state index is 12.0. The van der Waals surface area contributed by atoms with Gasteiger partial charge < -0.3 is 4.90 Å². The summed E-state index contributed by atoms with van der Waals surface area (Å²) in [5.74, 6) is 0.215. The highest BCUT2D eigenvalue weighted by Crippen LogP contribution is 2.13. The highest BCUT2D eigenvalue weighted by atomic mass is 32.2. The first-order valence-corrected chi connectivity index (χ1v) is 8.80. The lowest BCUT2D eigenvalue weighted by atomic mass is 10.1. The lowest BCUT2D eigenvalue weighted by molar-refractivity contribution is -0.131. The largest absolute Gasteiger partial charge is 0.342 e. The molecule has 0 spiro atoms. The van der Waals surface area contributed by atoms with Crippen LogP contribution >= 0.6 is 0 Å². The minimum absolute atomic E-state index is 0.0214. The number of rotatable bonds is 4. The Morgan fingerprint density at radius 1 is 1.16 bits per heavy atom. The van der Waals surface area contributed by atoms with E-state index in [1.807, 2.05) is 4.90 Å². The first-order chi connectivity index (χ1) is 8.94. The predicted molar refractivity (Wildman–Crippen MR) is 73.3 cm³/mol. The van der Waals surface area contributed by atoms with E-state index in [1.54, 1.807) is 0 Å². The average molecular weight is 289 g/mol. The van der Waals surface area contributed by atoms with Crippen LogP contribution in [0.4, 0.5) is 0 Å². The van der Waals surface area contributed by atoms with Gasteiger partial charge in [-0.05, 0) is 25.7 Å². The van der Waals surface area contributed by atoms with Crippen LogP contribution in [0, 0.1) is 0 Å². The van der Waals surface area contributed by atoms with Gasteiger partial charge in [0.25, 0.3) is 0 Å². The number of sulfonamides is 1. The number of likely N-dealkylation sites (tertiary alicyclic amines) is 2. The average Bonchev–Trinajstić information content (AvgIpc) is 2.83. The molecule has 0 aromatic carbocycles. The zero-order chi connectivity index (χ0) is 13.9. The summed E-state index contributed by atoms with van der Waals surface area (Å²) in [6.07, 6.45) is 4.98. The Labute approximate surface area is 115 Å². The molecule has 2 rings (SSSR count). The van der Waals surface area contributed by atoms with E-state index in [9.17, 15) is 13.2 Å². The molecule has 0 bridgehead atoms. The van der Waals surface area contributed by atoms with E-state index >= 15 is 0 Å². The van der Waals surface area contributed by atoms with Crippen molar-refractivity contribution in [3.63, 3.8) is 0 Å². The predicted octanol–water partition coefficient (Wildman–Crippen LogP) is -0.378. The van der Waals surface area contributed by atoms with E-state index in [0.717, 1.165) is 51.9 Å². The molecule has 2 fully saturated rings. The number of piperidine rings is 1. The van der Waals surface area contributed by atoms with Crippen molar-refractivity contribution in [2.45, 2.75) is 31.7 Å². The SMILES string of the molecule is CS(=O)(=O)NC1CCN(CC(=O)N2CCCC2)CC1. The minimum atomic E-state index is -3.12. The number of amides is 1. The van der Waals surface area contributed by atoms with Crippen molar-refractivity contribution in [3.8, 4) is 0 Å². The molecule has 110 valence electrons. The molecule has 1 amide bonds. The fourth-order valence-corrected chi connectivity index (χ4v) is 3.61. The maximum Gasteiger partial charge on any atom is 0.236 e. The van der Waals surface area contributed by atoms with E-state index in [1.165, 1.54) is 6.26 Å². The summed E-state index contributed by atoms with van der Waals surface area (Å²) in [4.78, 5) is 16.1. The van der Waals surface area contributed by atoms with Crippen LogP contribution in [-0.2, 0) is 14.8 Å². The Kier molecular flexibility index (Phi) is 4.81. The molecule has 0 aliphatic carbocycles. The van der Waals surface area contributed by atoms with Gasteiger partial charge in [-0.1, -0.05) is 0 Å². The molecule has 2 heterocycles.